The van der Waals surface area contributed by atoms with Gasteiger partial charge in [0.15, 0.2) is 0 Å². The van der Waals surface area contributed by atoms with Crippen molar-refractivity contribution < 1.29 is 21.6 Å². The van der Waals surface area contributed by atoms with Crippen molar-refractivity contribution >= 4 is 5.91 Å². The first-order valence-corrected chi connectivity index (χ1v) is 0.954. The topological polar surface area (TPSA) is 208 Å². The Bertz CT molecular complexity index is 38.7. The normalized spacial score (nSPS) is 2.50. The first kappa shape index (κ1) is 97.7. The molecule has 0 aliphatic carbocycles. The van der Waals surface area contributed by atoms with E-state index in [0.29, 0.717) is 0 Å². The van der Waals surface area contributed by atoms with Crippen LogP contribution in [-0.2, 0) is 21.6 Å². The quantitative estimate of drug-likeness (QED) is 0.549. The van der Waals surface area contributed by atoms with Crippen molar-refractivity contribution in [3.8, 4) is 0 Å². The standard InChI is InChI=1S/C2H5NO.Co.5H2N/c1-2(3)4;;;;;;/h1H3,(H2,3,4);;5*1H2/q;+2;5*-1/p-1. The Morgan fingerprint density at radius 3 is 1.00 bits per heavy atom. The van der Waals surface area contributed by atoms with Crippen LogP contribution in [0.2, 0.25) is 0 Å². The molecule has 10 heavy (non-hydrogen) atoms. The second-order valence-corrected chi connectivity index (χ2v) is 0.556. The molecule has 0 aromatic rings. The molecule has 0 aliphatic heterocycles. The molecular weight excluding hydrogens is 183 g/mol. The van der Waals surface area contributed by atoms with Crippen LogP contribution in [0.1, 0.15) is 6.92 Å². The number of nitrogens with one attached hydrogen (secondary N) is 1. The van der Waals surface area contributed by atoms with Crippen LogP contribution in [0.3, 0.4) is 0 Å². The van der Waals surface area contributed by atoms with Crippen molar-refractivity contribution in [3.63, 3.8) is 0 Å². The molecular formula is C2H14CoN6O-4. The minimum atomic E-state index is -0.583. The zero-order valence-corrected chi connectivity index (χ0v) is 6.67. The maximum absolute atomic E-state index is 9.11. The van der Waals surface area contributed by atoms with Gasteiger partial charge < -0.3 is 41.3 Å². The van der Waals surface area contributed by atoms with Gasteiger partial charge in [-0.15, -0.1) is 0 Å². The summed E-state index contributed by atoms with van der Waals surface area (Å²) in [6, 6.07) is 0. The summed E-state index contributed by atoms with van der Waals surface area (Å²) in [5, 5.41) is 0. The van der Waals surface area contributed by atoms with Crippen molar-refractivity contribution in [2.24, 2.45) is 0 Å². The molecule has 1 amide bonds. The molecule has 0 aromatic heterocycles. The van der Waals surface area contributed by atoms with Gasteiger partial charge in [-0.1, -0.05) is 0 Å². The predicted molar refractivity (Wildman–Crippen MR) is 41.4 cm³/mol. The fourth-order valence-electron chi connectivity index (χ4n) is 0. The van der Waals surface area contributed by atoms with Gasteiger partial charge in [-0.2, -0.15) is 0 Å². The van der Waals surface area contributed by atoms with Gasteiger partial charge in [0.05, 0.1) is 0 Å². The van der Waals surface area contributed by atoms with E-state index in [1.165, 1.54) is 6.92 Å². The number of carbonyl (C=O) groups is 1. The number of hydrogen-bond donors (Lipinski definition) is 0. The van der Waals surface area contributed by atoms with Gasteiger partial charge >= 0.3 is 16.8 Å². The number of hydrogen-bond acceptors (Lipinski definition) is 1. The molecule has 0 fully saturated rings. The first-order chi connectivity index (χ1) is 1.73. The van der Waals surface area contributed by atoms with Gasteiger partial charge in [0, 0.05) is 5.91 Å². The van der Waals surface area contributed by atoms with E-state index in [9.17, 15) is 0 Å². The summed E-state index contributed by atoms with van der Waals surface area (Å²) in [7, 11) is 0. The second-order valence-electron chi connectivity index (χ2n) is 0.556. The van der Waals surface area contributed by atoms with Crippen LogP contribution in [0.25, 0.3) is 36.5 Å². The van der Waals surface area contributed by atoms with Gasteiger partial charge in [-0.25, -0.2) is 0 Å². The molecule has 0 bridgehead atoms. The Kier molecular flexibility index (Phi) is 673. The summed E-state index contributed by atoms with van der Waals surface area (Å²) in [6.45, 7) is 1.19. The van der Waals surface area contributed by atoms with Crippen LogP contribution >= 0.6 is 0 Å². The van der Waals surface area contributed by atoms with Crippen LogP contribution in [-0.4, -0.2) is 5.91 Å². The maximum atomic E-state index is 9.11. The molecule has 0 rings (SSSR count). The summed E-state index contributed by atoms with van der Waals surface area (Å²) in [5.41, 5.74) is 5.94. The molecule has 1 radical (unpaired) electrons. The number of nitrogens with two attached hydrogens (primary N) is 5. The Labute approximate surface area is 71.6 Å². The Balaban J connectivity index is -0.00000000300. The smallest absolute Gasteiger partial charge is 0.693 e. The molecule has 11 N–H and O–H groups in total. The van der Waals surface area contributed by atoms with Gasteiger partial charge in [0.1, 0.15) is 0 Å². The molecule has 0 aliphatic rings. The van der Waals surface area contributed by atoms with E-state index in [4.69, 9.17) is 10.5 Å². The molecule has 0 heterocycles. The average Bonchev–Trinajstić information content (AvgIpc) is 0.811. The minimum absolute atomic E-state index is 0. The summed E-state index contributed by atoms with van der Waals surface area (Å²) in [6.07, 6.45) is 0. The molecule has 0 unspecified atom stereocenters. The molecule has 7 nitrogen and oxygen atoms in total. The largest absolute Gasteiger partial charge is 2.00 e. The van der Waals surface area contributed by atoms with E-state index in [1.54, 1.807) is 0 Å². The zero-order chi connectivity index (χ0) is 3.58. The van der Waals surface area contributed by atoms with E-state index in [-0.39, 0.29) is 47.5 Å². The number of carbonyl (C=O) groups excluding carboxylic acids is 1. The van der Waals surface area contributed by atoms with Crippen LogP contribution in [0.5, 0.6) is 0 Å². The Morgan fingerprint density at radius 2 is 1.00 bits per heavy atom. The summed E-state index contributed by atoms with van der Waals surface area (Å²) < 4.78 is 0. The van der Waals surface area contributed by atoms with Gasteiger partial charge in [0.2, 0.25) is 0 Å². The molecule has 71 valence electrons. The number of rotatable bonds is 0. The second kappa shape index (κ2) is 68.8. The first-order valence-electron chi connectivity index (χ1n) is 0.954. The van der Waals surface area contributed by atoms with Crippen molar-refractivity contribution in [1.29, 1.82) is 0 Å². The third-order valence-electron chi connectivity index (χ3n) is 0. The molecule has 8 heteroatoms. The monoisotopic (exact) mass is 197 g/mol. The molecule has 0 aromatic carbocycles. The molecule has 0 spiro atoms. The Hall–Kier alpha value is -0.224. The van der Waals surface area contributed by atoms with E-state index >= 15 is 0 Å². The van der Waals surface area contributed by atoms with Crippen molar-refractivity contribution in [1.82, 2.24) is 0 Å². The minimum Gasteiger partial charge on any atom is -0.693 e. The van der Waals surface area contributed by atoms with Gasteiger partial charge in [-0.05, 0) is 6.92 Å². The van der Waals surface area contributed by atoms with Gasteiger partial charge in [0.25, 0.3) is 0 Å². The molecule has 0 saturated carbocycles. The van der Waals surface area contributed by atoms with Gasteiger partial charge in [-0.3, -0.25) is 0 Å². The van der Waals surface area contributed by atoms with E-state index in [2.05, 4.69) is 0 Å². The predicted octanol–water partition coefficient (Wildman–Crippen LogP) is 4.17. The molecule has 0 saturated heterocycles. The fourth-order valence-corrected chi connectivity index (χ4v) is 0. The third kappa shape index (κ3) is 7150. The molecule has 0 atom stereocenters. The van der Waals surface area contributed by atoms with E-state index in [0.717, 1.165) is 0 Å². The van der Waals surface area contributed by atoms with E-state index in [1.807, 2.05) is 0 Å². The van der Waals surface area contributed by atoms with Crippen LogP contribution in [0.4, 0.5) is 0 Å². The summed E-state index contributed by atoms with van der Waals surface area (Å²) in [4.78, 5) is 9.11. The zero-order valence-electron chi connectivity index (χ0n) is 5.63. The summed E-state index contributed by atoms with van der Waals surface area (Å²) >= 11 is 0. The summed E-state index contributed by atoms with van der Waals surface area (Å²) in [5.74, 6) is -0.583. The average molecular weight is 197 g/mol. The Morgan fingerprint density at radius 1 is 1.00 bits per heavy atom. The van der Waals surface area contributed by atoms with Crippen molar-refractivity contribution in [2.75, 3.05) is 0 Å². The fraction of sp³-hybridized carbons (Fsp3) is 0.500. The van der Waals surface area contributed by atoms with Crippen LogP contribution < -0.4 is 0 Å². The van der Waals surface area contributed by atoms with Crippen molar-refractivity contribution in [3.05, 3.63) is 36.5 Å². The third-order valence-corrected chi connectivity index (χ3v) is 0. The van der Waals surface area contributed by atoms with Crippen molar-refractivity contribution in [2.45, 2.75) is 6.92 Å². The van der Waals surface area contributed by atoms with Crippen LogP contribution in [0, 0.1) is 0 Å². The number of amides is 1. The SMILES string of the molecule is CC([NH-])=O.[Co+2].[NH2-].[NH2-].[NH2-].[NH2-].[NH2-]. The van der Waals surface area contributed by atoms with E-state index < -0.39 is 5.91 Å². The maximum Gasteiger partial charge on any atom is 2.00 e. The van der Waals surface area contributed by atoms with Crippen LogP contribution in [0.15, 0.2) is 0 Å².